The van der Waals surface area contributed by atoms with E-state index in [2.05, 4.69) is 0 Å². The Hall–Kier alpha value is -1.46. The lowest BCUT2D eigenvalue weighted by Gasteiger charge is -2.58. The van der Waals surface area contributed by atoms with E-state index in [1.165, 1.54) is 0 Å². The number of ketones is 1. The van der Waals surface area contributed by atoms with Crippen molar-refractivity contribution in [3.8, 4) is 0 Å². The Balaban J connectivity index is 2.00. The minimum atomic E-state index is -1.16. The molecule has 2 saturated heterocycles. The van der Waals surface area contributed by atoms with Crippen LogP contribution in [0.4, 0.5) is 0 Å². The van der Waals surface area contributed by atoms with Crippen molar-refractivity contribution in [3.05, 3.63) is 23.3 Å². The Morgan fingerprint density at radius 3 is 2.52 bits per heavy atom. The molecule has 5 rings (SSSR count). The van der Waals surface area contributed by atoms with Crippen LogP contribution in [0.25, 0.3) is 0 Å². The maximum absolute atomic E-state index is 13.4. The van der Waals surface area contributed by atoms with Crippen molar-refractivity contribution in [2.75, 3.05) is 0 Å². The maximum atomic E-state index is 13.4. The van der Waals surface area contributed by atoms with Crippen LogP contribution in [-0.2, 0) is 23.8 Å². The SMILES string of the molecule is CC(C)=CCC12OC(C)(C)C3CC(C=C4C(=O)OC(C)(C)OC431)C2=O. The summed E-state index contributed by atoms with van der Waals surface area (Å²) in [4.78, 5) is 26.2. The third kappa shape index (κ3) is 1.91. The number of allylic oxidation sites excluding steroid dienone is 2. The molecule has 2 aliphatic heterocycles. The average molecular weight is 346 g/mol. The molecule has 0 radical (unpaired) electrons. The second-order valence-electron chi connectivity index (χ2n) is 8.98. The van der Waals surface area contributed by atoms with E-state index < -0.39 is 22.6 Å². The van der Waals surface area contributed by atoms with Crippen molar-refractivity contribution in [2.45, 2.75) is 77.0 Å². The fraction of sp³-hybridized carbons (Fsp3) is 0.700. The molecular formula is C20H26O5. The average Bonchev–Trinajstić information content (AvgIpc) is 2.61. The first kappa shape index (κ1) is 17.0. The molecule has 136 valence electrons. The van der Waals surface area contributed by atoms with Gasteiger partial charge in [0.15, 0.2) is 11.4 Å². The van der Waals surface area contributed by atoms with Crippen LogP contribution in [0.3, 0.4) is 0 Å². The first-order chi connectivity index (χ1) is 11.5. The number of rotatable bonds is 2. The molecule has 0 aromatic rings. The predicted molar refractivity (Wildman–Crippen MR) is 90.6 cm³/mol. The minimum absolute atomic E-state index is 0.0288. The van der Waals surface area contributed by atoms with Gasteiger partial charge in [-0.25, -0.2) is 4.79 Å². The smallest absolute Gasteiger partial charge is 0.339 e. The molecule has 0 aromatic carbocycles. The van der Waals surface area contributed by atoms with Gasteiger partial charge in [-0.3, -0.25) is 4.79 Å². The Kier molecular flexibility index (Phi) is 3.14. The molecule has 1 saturated carbocycles. The fourth-order valence-corrected chi connectivity index (χ4v) is 5.34. The largest absolute Gasteiger partial charge is 0.430 e. The van der Waals surface area contributed by atoms with Crippen molar-refractivity contribution in [2.24, 2.45) is 11.8 Å². The summed E-state index contributed by atoms with van der Waals surface area (Å²) < 4.78 is 18.4. The molecule has 4 atom stereocenters. The standard InChI is InChI=1S/C20H26O5/c1-11(2)7-8-19-15(21)12-9-13-16(22)23-18(5,6)25-20(13,19)14(10-12)17(3,4)24-19/h7,9,12,14H,8,10H2,1-6H3. The molecule has 5 nitrogen and oxygen atoms in total. The zero-order valence-electron chi connectivity index (χ0n) is 15.8. The van der Waals surface area contributed by atoms with Gasteiger partial charge < -0.3 is 14.2 Å². The van der Waals surface area contributed by atoms with Gasteiger partial charge in [0.25, 0.3) is 0 Å². The van der Waals surface area contributed by atoms with Gasteiger partial charge in [-0.15, -0.1) is 0 Å². The van der Waals surface area contributed by atoms with Gasteiger partial charge in [0.05, 0.1) is 11.2 Å². The molecular weight excluding hydrogens is 320 g/mol. The maximum Gasteiger partial charge on any atom is 0.339 e. The van der Waals surface area contributed by atoms with E-state index >= 15 is 0 Å². The summed E-state index contributed by atoms with van der Waals surface area (Å²) in [5.74, 6) is -1.84. The highest BCUT2D eigenvalue weighted by atomic mass is 16.7. The van der Waals surface area contributed by atoms with Gasteiger partial charge in [0.1, 0.15) is 5.60 Å². The third-order valence-electron chi connectivity index (χ3n) is 6.12. The van der Waals surface area contributed by atoms with Crippen molar-refractivity contribution in [1.82, 2.24) is 0 Å². The number of carbonyl (C=O) groups is 2. The van der Waals surface area contributed by atoms with E-state index in [0.717, 1.165) is 5.57 Å². The zero-order valence-corrected chi connectivity index (χ0v) is 15.8. The summed E-state index contributed by atoms with van der Waals surface area (Å²) >= 11 is 0. The minimum Gasteiger partial charge on any atom is -0.430 e. The van der Waals surface area contributed by atoms with Gasteiger partial charge in [-0.2, -0.15) is 0 Å². The summed E-state index contributed by atoms with van der Waals surface area (Å²) in [6, 6.07) is 0. The number of cyclic esters (lactones) is 1. The van der Waals surface area contributed by atoms with E-state index in [1.54, 1.807) is 19.9 Å². The molecule has 0 N–H and O–H groups in total. The number of ether oxygens (including phenoxy) is 3. The molecule has 4 bridgehead atoms. The molecule has 5 aliphatic rings. The van der Waals surface area contributed by atoms with Gasteiger partial charge in [-0.1, -0.05) is 17.7 Å². The van der Waals surface area contributed by atoms with Crippen LogP contribution in [0.5, 0.6) is 0 Å². The molecule has 2 heterocycles. The fourth-order valence-electron chi connectivity index (χ4n) is 5.34. The molecule has 4 unspecified atom stereocenters. The highest BCUT2D eigenvalue weighted by Crippen LogP contribution is 2.67. The number of esters is 1. The monoisotopic (exact) mass is 346 g/mol. The molecule has 3 aliphatic carbocycles. The second-order valence-corrected chi connectivity index (χ2v) is 8.98. The van der Waals surface area contributed by atoms with Crippen LogP contribution in [0.15, 0.2) is 23.3 Å². The van der Waals surface area contributed by atoms with Crippen molar-refractivity contribution >= 4 is 11.8 Å². The number of Topliss-reactive ketones (excluding diaryl/α,β-unsaturated/α-hetero) is 1. The van der Waals surface area contributed by atoms with Gasteiger partial charge >= 0.3 is 5.97 Å². The summed E-state index contributed by atoms with van der Waals surface area (Å²) in [6.45, 7) is 11.4. The first-order valence-corrected chi connectivity index (χ1v) is 8.99. The molecule has 0 aromatic heterocycles. The van der Waals surface area contributed by atoms with Crippen molar-refractivity contribution < 1.29 is 23.8 Å². The third-order valence-corrected chi connectivity index (χ3v) is 6.12. The molecule has 1 spiro atoms. The van der Waals surface area contributed by atoms with E-state index in [4.69, 9.17) is 14.2 Å². The lowest BCUT2D eigenvalue weighted by Crippen LogP contribution is -2.73. The predicted octanol–water partition coefficient (Wildman–Crippen LogP) is 3.08. The van der Waals surface area contributed by atoms with Gasteiger partial charge in [0.2, 0.25) is 5.79 Å². The van der Waals surface area contributed by atoms with Crippen LogP contribution in [0, 0.1) is 11.8 Å². The highest BCUT2D eigenvalue weighted by molar-refractivity contribution is 6.04. The quantitative estimate of drug-likeness (QED) is 0.568. The summed E-state index contributed by atoms with van der Waals surface area (Å²) in [5.41, 5.74) is -1.23. The Bertz CT molecular complexity index is 739. The summed E-state index contributed by atoms with van der Waals surface area (Å²) in [5, 5.41) is 0. The zero-order chi connectivity index (χ0) is 18.4. The topological polar surface area (TPSA) is 61.8 Å². The van der Waals surface area contributed by atoms with Crippen LogP contribution in [0.2, 0.25) is 0 Å². The summed E-state index contributed by atoms with van der Waals surface area (Å²) in [7, 11) is 0. The Labute approximate surface area is 148 Å². The van der Waals surface area contributed by atoms with Crippen LogP contribution >= 0.6 is 0 Å². The Morgan fingerprint density at radius 1 is 1.20 bits per heavy atom. The van der Waals surface area contributed by atoms with E-state index in [9.17, 15) is 9.59 Å². The van der Waals surface area contributed by atoms with Crippen LogP contribution in [-0.4, -0.2) is 34.3 Å². The van der Waals surface area contributed by atoms with E-state index in [0.29, 0.717) is 18.4 Å². The van der Waals surface area contributed by atoms with Gasteiger partial charge in [0, 0.05) is 32.1 Å². The summed E-state index contributed by atoms with van der Waals surface area (Å²) in [6.07, 6.45) is 4.84. The number of hydrogen-bond acceptors (Lipinski definition) is 5. The second kappa shape index (κ2) is 4.63. The van der Waals surface area contributed by atoms with Crippen LogP contribution in [0.1, 0.15) is 54.4 Å². The molecule has 25 heavy (non-hydrogen) atoms. The highest BCUT2D eigenvalue weighted by Gasteiger charge is 2.81. The van der Waals surface area contributed by atoms with E-state index in [1.807, 2.05) is 33.8 Å². The molecule has 3 fully saturated rings. The van der Waals surface area contributed by atoms with Crippen molar-refractivity contribution in [3.63, 3.8) is 0 Å². The van der Waals surface area contributed by atoms with Gasteiger partial charge in [-0.05, 0) is 34.1 Å². The lowest BCUT2D eigenvalue weighted by molar-refractivity contribution is -0.303. The number of carbonyl (C=O) groups excluding carboxylic acids is 2. The van der Waals surface area contributed by atoms with E-state index in [-0.39, 0.29) is 23.6 Å². The van der Waals surface area contributed by atoms with Crippen molar-refractivity contribution in [1.29, 1.82) is 0 Å². The molecule has 5 heteroatoms. The molecule has 0 amide bonds. The Morgan fingerprint density at radius 2 is 1.88 bits per heavy atom. The lowest BCUT2D eigenvalue weighted by atomic mass is 9.52. The first-order valence-electron chi connectivity index (χ1n) is 8.99. The number of hydrogen-bond donors (Lipinski definition) is 0. The van der Waals surface area contributed by atoms with Crippen LogP contribution < -0.4 is 0 Å². The normalized spacial score (nSPS) is 42.6.